The van der Waals surface area contributed by atoms with Crippen LogP contribution in [0, 0.1) is 0 Å². The van der Waals surface area contributed by atoms with Gasteiger partial charge in [0.15, 0.2) is 5.65 Å². The van der Waals surface area contributed by atoms with Gasteiger partial charge in [-0.05, 0) is 38.6 Å². The Bertz CT molecular complexity index is 580. The third-order valence-electron chi connectivity index (χ3n) is 4.04. The van der Waals surface area contributed by atoms with Crippen molar-refractivity contribution in [2.45, 2.75) is 25.3 Å². The van der Waals surface area contributed by atoms with Crippen LogP contribution < -0.4 is 0 Å². The van der Waals surface area contributed by atoms with Crippen LogP contribution in [0.5, 0.6) is 0 Å². The lowest BCUT2D eigenvalue weighted by Crippen LogP contribution is -2.32. The minimum atomic E-state index is 0.500. The number of pyridine rings is 1. The van der Waals surface area contributed by atoms with E-state index >= 15 is 0 Å². The number of aromatic nitrogens is 3. The van der Waals surface area contributed by atoms with Crippen LogP contribution in [0.25, 0.3) is 11.2 Å². The van der Waals surface area contributed by atoms with Gasteiger partial charge in [-0.1, -0.05) is 0 Å². The Morgan fingerprint density at radius 1 is 1.45 bits per heavy atom. The molecule has 1 aliphatic heterocycles. The Kier molecular flexibility index (Phi) is 3.98. The number of hydrogen-bond donors (Lipinski definition) is 0. The van der Waals surface area contributed by atoms with Crippen LogP contribution in [-0.2, 0) is 11.3 Å². The number of imidazole rings is 1. The van der Waals surface area contributed by atoms with Crippen LogP contribution >= 0.6 is 0 Å². The number of likely N-dealkylation sites (N-methyl/N-ethyl adjacent to an activating group) is 1. The molecular weight excluding hydrogens is 252 g/mol. The second-order valence-corrected chi connectivity index (χ2v) is 5.56. The molecule has 0 bridgehead atoms. The van der Waals surface area contributed by atoms with Gasteiger partial charge in [-0.2, -0.15) is 0 Å². The molecule has 1 aliphatic rings. The molecule has 2 aromatic heterocycles. The molecule has 0 saturated carbocycles. The highest BCUT2D eigenvalue weighted by atomic mass is 16.5. The predicted molar refractivity (Wildman–Crippen MR) is 78.9 cm³/mol. The number of methoxy groups -OCH3 is 1. The van der Waals surface area contributed by atoms with E-state index in [2.05, 4.69) is 21.5 Å². The molecule has 108 valence electrons. The molecule has 0 aromatic carbocycles. The van der Waals surface area contributed by atoms with Gasteiger partial charge < -0.3 is 14.2 Å². The number of ether oxygens (including phenoxy) is 1. The standard InChI is InChI=1S/C15H22N4O/c1-18-8-4-5-12(11-18)14-17-13-6-3-7-16-15(13)19(14)9-10-20-2/h3,6-7,12H,4-5,8-11H2,1-2H3. The summed E-state index contributed by atoms with van der Waals surface area (Å²) in [5.41, 5.74) is 1.97. The van der Waals surface area contributed by atoms with Gasteiger partial charge in [-0.3, -0.25) is 0 Å². The molecule has 1 atom stereocenters. The molecule has 0 aliphatic carbocycles. The van der Waals surface area contributed by atoms with E-state index in [1.54, 1.807) is 7.11 Å². The first-order valence-corrected chi connectivity index (χ1v) is 7.28. The predicted octanol–water partition coefficient (Wildman–Crippen LogP) is 1.89. The van der Waals surface area contributed by atoms with Gasteiger partial charge in [0.25, 0.3) is 0 Å². The van der Waals surface area contributed by atoms with E-state index in [0.29, 0.717) is 12.5 Å². The summed E-state index contributed by atoms with van der Waals surface area (Å²) in [4.78, 5) is 11.7. The molecule has 2 aromatic rings. The van der Waals surface area contributed by atoms with E-state index in [1.165, 1.54) is 25.2 Å². The number of nitrogens with zero attached hydrogens (tertiary/aromatic N) is 4. The van der Waals surface area contributed by atoms with Crippen molar-refractivity contribution in [1.82, 2.24) is 19.4 Å². The van der Waals surface area contributed by atoms with E-state index in [9.17, 15) is 0 Å². The van der Waals surface area contributed by atoms with Crippen LogP contribution in [0.1, 0.15) is 24.6 Å². The smallest absolute Gasteiger partial charge is 0.160 e. The van der Waals surface area contributed by atoms with Gasteiger partial charge in [-0.25, -0.2) is 9.97 Å². The summed E-state index contributed by atoms with van der Waals surface area (Å²) in [7, 11) is 3.92. The van der Waals surface area contributed by atoms with Crippen LogP contribution in [0.2, 0.25) is 0 Å². The Morgan fingerprint density at radius 3 is 3.15 bits per heavy atom. The van der Waals surface area contributed by atoms with Gasteiger partial charge in [0.1, 0.15) is 11.3 Å². The summed E-state index contributed by atoms with van der Waals surface area (Å²) in [6, 6.07) is 3.99. The third-order valence-corrected chi connectivity index (χ3v) is 4.04. The van der Waals surface area contributed by atoms with E-state index in [1.807, 2.05) is 18.3 Å². The van der Waals surface area contributed by atoms with Crippen molar-refractivity contribution in [3.63, 3.8) is 0 Å². The molecule has 20 heavy (non-hydrogen) atoms. The van der Waals surface area contributed by atoms with Crippen LogP contribution in [0.3, 0.4) is 0 Å². The molecule has 5 nitrogen and oxygen atoms in total. The molecular formula is C15H22N4O. The molecule has 0 spiro atoms. The molecule has 0 radical (unpaired) electrons. The normalized spacial score (nSPS) is 20.6. The van der Waals surface area contributed by atoms with Crippen molar-refractivity contribution in [3.8, 4) is 0 Å². The van der Waals surface area contributed by atoms with E-state index in [4.69, 9.17) is 9.72 Å². The number of rotatable bonds is 4. The lowest BCUT2D eigenvalue weighted by Gasteiger charge is -2.29. The second kappa shape index (κ2) is 5.89. The van der Waals surface area contributed by atoms with Crippen molar-refractivity contribution >= 4 is 11.2 Å². The lowest BCUT2D eigenvalue weighted by molar-refractivity contribution is 0.184. The molecule has 0 N–H and O–H groups in total. The number of likely N-dealkylation sites (tertiary alicyclic amines) is 1. The minimum absolute atomic E-state index is 0.500. The fraction of sp³-hybridized carbons (Fsp3) is 0.600. The average molecular weight is 274 g/mol. The van der Waals surface area contributed by atoms with E-state index in [-0.39, 0.29) is 0 Å². The zero-order chi connectivity index (χ0) is 13.9. The maximum atomic E-state index is 5.24. The Hall–Kier alpha value is -1.46. The van der Waals surface area contributed by atoms with Gasteiger partial charge in [0.2, 0.25) is 0 Å². The summed E-state index contributed by atoms with van der Waals surface area (Å²) in [6.07, 6.45) is 4.28. The van der Waals surface area contributed by atoms with Crippen LogP contribution in [-0.4, -0.2) is 53.3 Å². The van der Waals surface area contributed by atoms with Crippen LogP contribution in [0.15, 0.2) is 18.3 Å². The first-order valence-electron chi connectivity index (χ1n) is 7.28. The van der Waals surface area contributed by atoms with E-state index in [0.717, 1.165) is 24.3 Å². The van der Waals surface area contributed by atoms with Crippen molar-refractivity contribution in [2.75, 3.05) is 33.9 Å². The SMILES string of the molecule is COCCn1c(C2CCCN(C)C2)nc2cccnc21. The number of piperidine rings is 1. The quantitative estimate of drug-likeness (QED) is 0.854. The van der Waals surface area contributed by atoms with E-state index < -0.39 is 0 Å². The van der Waals surface area contributed by atoms with Crippen molar-refractivity contribution in [2.24, 2.45) is 0 Å². The highest BCUT2D eigenvalue weighted by Crippen LogP contribution is 2.28. The van der Waals surface area contributed by atoms with Gasteiger partial charge in [0, 0.05) is 32.3 Å². The van der Waals surface area contributed by atoms with Crippen molar-refractivity contribution in [1.29, 1.82) is 0 Å². The third kappa shape index (κ3) is 2.55. The first kappa shape index (κ1) is 13.5. The van der Waals surface area contributed by atoms with Gasteiger partial charge in [-0.15, -0.1) is 0 Å². The Balaban J connectivity index is 1.99. The zero-order valence-electron chi connectivity index (χ0n) is 12.2. The average Bonchev–Trinajstić information content (AvgIpc) is 2.84. The fourth-order valence-electron chi connectivity index (χ4n) is 3.07. The summed E-state index contributed by atoms with van der Waals surface area (Å²) in [5, 5.41) is 0. The molecule has 3 heterocycles. The lowest BCUT2D eigenvalue weighted by atomic mass is 9.97. The molecule has 1 fully saturated rings. The first-order chi connectivity index (χ1) is 9.79. The minimum Gasteiger partial charge on any atom is -0.383 e. The Morgan fingerprint density at radius 2 is 2.35 bits per heavy atom. The molecule has 5 heteroatoms. The van der Waals surface area contributed by atoms with Crippen molar-refractivity contribution < 1.29 is 4.74 Å². The van der Waals surface area contributed by atoms with Gasteiger partial charge in [0.05, 0.1) is 6.61 Å². The maximum Gasteiger partial charge on any atom is 0.160 e. The number of fused-ring (bicyclic) bond motifs is 1. The summed E-state index contributed by atoms with van der Waals surface area (Å²) in [5.74, 6) is 1.67. The highest BCUT2D eigenvalue weighted by molar-refractivity contribution is 5.71. The molecule has 0 amide bonds. The highest BCUT2D eigenvalue weighted by Gasteiger charge is 2.24. The van der Waals surface area contributed by atoms with Crippen molar-refractivity contribution in [3.05, 3.63) is 24.2 Å². The molecule has 3 rings (SSSR count). The molecule has 1 saturated heterocycles. The Labute approximate surface area is 119 Å². The summed E-state index contributed by atoms with van der Waals surface area (Å²) < 4.78 is 7.48. The monoisotopic (exact) mass is 274 g/mol. The summed E-state index contributed by atoms with van der Waals surface area (Å²) >= 11 is 0. The fourth-order valence-corrected chi connectivity index (χ4v) is 3.07. The molecule has 1 unspecified atom stereocenters. The topological polar surface area (TPSA) is 43.2 Å². The second-order valence-electron chi connectivity index (χ2n) is 5.56. The zero-order valence-corrected chi connectivity index (χ0v) is 12.2. The number of hydrogen-bond acceptors (Lipinski definition) is 4. The largest absolute Gasteiger partial charge is 0.383 e. The maximum absolute atomic E-state index is 5.24. The van der Waals surface area contributed by atoms with Crippen LogP contribution in [0.4, 0.5) is 0 Å². The summed E-state index contributed by atoms with van der Waals surface area (Å²) in [6.45, 7) is 3.78. The van der Waals surface area contributed by atoms with Gasteiger partial charge >= 0.3 is 0 Å².